The van der Waals surface area contributed by atoms with Crippen LogP contribution in [-0.4, -0.2) is 16.3 Å². The largest absolute Gasteiger partial charge is 0.356 e. The Hall–Kier alpha value is -1.16. The summed E-state index contributed by atoms with van der Waals surface area (Å²) in [6, 6.07) is 12.1. The van der Waals surface area contributed by atoms with Gasteiger partial charge in [0.25, 0.3) is 0 Å². The van der Waals surface area contributed by atoms with Gasteiger partial charge in [-0.25, -0.2) is 0 Å². The van der Waals surface area contributed by atoms with Crippen molar-refractivity contribution in [2.24, 2.45) is 0 Å². The lowest BCUT2D eigenvalue weighted by atomic mass is 10.0. The van der Waals surface area contributed by atoms with Gasteiger partial charge in [-0.1, -0.05) is 42.8 Å². The molecular formula is C16H19ClNO3P. The summed E-state index contributed by atoms with van der Waals surface area (Å²) in [5.41, 5.74) is 2.12. The molecule has 4 nitrogen and oxygen atoms in total. The average molecular weight is 340 g/mol. The van der Waals surface area contributed by atoms with Crippen molar-refractivity contribution in [1.29, 1.82) is 0 Å². The van der Waals surface area contributed by atoms with E-state index in [-0.39, 0.29) is 5.30 Å². The lowest BCUT2D eigenvalue weighted by Gasteiger charge is -2.14. The second-order valence-corrected chi connectivity index (χ2v) is 7.09. The van der Waals surface area contributed by atoms with Gasteiger partial charge in [-0.15, -0.1) is 0 Å². The van der Waals surface area contributed by atoms with Crippen LogP contribution in [0.3, 0.4) is 0 Å². The van der Waals surface area contributed by atoms with Gasteiger partial charge in [0, 0.05) is 11.6 Å². The minimum Gasteiger partial charge on any atom is -0.321 e. The van der Waals surface area contributed by atoms with Crippen molar-refractivity contribution in [3.63, 3.8) is 0 Å². The van der Waals surface area contributed by atoms with Gasteiger partial charge in [-0.3, -0.25) is 4.57 Å². The molecule has 2 aromatic carbocycles. The monoisotopic (exact) mass is 339 g/mol. The molecule has 0 atom stereocenters. The van der Waals surface area contributed by atoms with Crippen LogP contribution in [0.2, 0.25) is 5.02 Å². The molecule has 22 heavy (non-hydrogen) atoms. The summed E-state index contributed by atoms with van der Waals surface area (Å²) < 4.78 is 11.8. The van der Waals surface area contributed by atoms with Crippen molar-refractivity contribution in [2.75, 3.05) is 6.54 Å². The minimum absolute atomic E-state index is 0.0469. The molecule has 0 bridgehead atoms. The third-order valence-corrected chi connectivity index (χ3v) is 4.54. The fraction of sp³-hybridized carbons (Fsp3) is 0.250. The van der Waals surface area contributed by atoms with Gasteiger partial charge in [0.2, 0.25) is 0 Å². The van der Waals surface area contributed by atoms with Gasteiger partial charge in [0.1, 0.15) is 0 Å². The number of nitrogens with one attached hydrogen (secondary N) is 1. The molecule has 6 heteroatoms. The number of hydrogen-bond donors (Lipinski definition) is 3. The van der Waals surface area contributed by atoms with Gasteiger partial charge in [-0.2, -0.15) is 0 Å². The smallest absolute Gasteiger partial charge is 0.321 e. The Morgan fingerprint density at radius 1 is 1.14 bits per heavy atom. The molecule has 0 saturated heterocycles. The fourth-order valence-corrected chi connectivity index (χ4v) is 3.19. The molecule has 0 heterocycles. The summed E-state index contributed by atoms with van der Waals surface area (Å²) in [7, 11) is -4.36. The Bertz CT molecular complexity index is 682. The first-order valence-corrected chi connectivity index (χ1v) is 9.06. The molecule has 3 N–H and O–H groups in total. The predicted molar refractivity (Wildman–Crippen MR) is 90.6 cm³/mol. The third kappa shape index (κ3) is 4.42. The van der Waals surface area contributed by atoms with Crippen LogP contribution < -0.4 is 10.6 Å². The molecule has 0 unspecified atom stereocenters. The lowest BCUT2D eigenvalue weighted by Crippen LogP contribution is -2.16. The van der Waals surface area contributed by atoms with E-state index in [0.717, 1.165) is 24.1 Å². The highest BCUT2D eigenvalue weighted by atomic mass is 35.5. The SMILES string of the molecule is CCCNCc1ccc(-c2ccc(Cl)cc2)c(P(=O)(O)O)c1. The summed E-state index contributed by atoms with van der Waals surface area (Å²) in [5, 5.41) is 3.86. The molecule has 0 aliphatic carbocycles. The zero-order valence-electron chi connectivity index (χ0n) is 12.3. The van der Waals surface area contributed by atoms with E-state index in [1.807, 2.05) is 6.07 Å². The highest BCUT2D eigenvalue weighted by molar-refractivity contribution is 7.60. The normalized spacial score (nSPS) is 11.6. The van der Waals surface area contributed by atoms with Crippen LogP contribution in [0.25, 0.3) is 11.1 Å². The summed E-state index contributed by atoms with van der Waals surface area (Å²) in [4.78, 5) is 19.3. The first-order valence-electron chi connectivity index (χ1n) is 7.07. The molecule has 2 aromatic rings. The second-order valence-electron chi connectivity index (χ2n) is 5.08. The maximum Gasteiger partial charge on any atom is 0.356 e. The Labute approximate surface area is 135 Å². The van der Waals surface area contributed by atoms with Crippen LogP contribution in [-0.2, 0) is 11.1 Å². The fourth-order valence-electron chi connectivity index (χ4n) is 2.21. The van der Waals surface area contributed by atoms with E-state index in [4.69, 9.17) is 11.6 Å². The van der Waals surface area contributed by atoms with Gasteiger partial charge in [0.05, 0.1) is 5.30 Å². The molecule has 0 saturated carbocycles. The Balaban J connectivity index is 2.41. The van der Waals surface area contributed by atoms with Crippen LogP contribution >= 0.6 is 19.2 Å². The van der Waals surface area contributed by atoms with E-state index >= 15 is 0 Å². The summed E-state index contributed by atoms with van der Waals surface area (Å²) in [5.74, 6) is 0. The van der Waals surface area contributed by atoms with Crippen molar-refractivity contribution in [2.45, 2.75) is 19.9 Å². The minimum atomic E-state index is -4.36. The van der Waals surface area contributed by atoms with E-state index < -0.39 is 7.60 Å². The summed E-state index contributed by atoms with van der Waals surface area (Å²) >= 11 is 5.86. The standard InChI is InChI=1S/C16H19ClNO3P/c1-2-9-18-11-12-3-8-15(16(10-12)22(19,20)21)13-4-6-14(17)7-5-13/h3-8,10,18H,2,9,11H2,1H3,(H2,19,20,21). The van der Waals surface area contributed by atoms with Crippen LogP contribution in [0, 0.1) is 0 Å². The van der Waals surface area contributed by atoms with E-state index in [1.165, 1.54) is 0 Å². The predicted octanol–water partition coefficient (Wildman–Crippen LogP) is 3.31. The number of rotatable bonds is 6. The quantitative estimate of drug-likeness (QED) is 0.558. The summed E-state index contributed by atoms with van der Waals surface area (Å²) in [6.45, 7) is 3.52. The molecule has 0 aromatic heterocycles. The molecule has 0 radical (unpaired) electrons. The van der Waals surface area contributed by atoms with Crippen LogP contribution in [0.5, 0.6) is 0 Å². The van der Waals surface area contributed by atoms with Gasteiger partial charge >= 0.3 is 7.60 Å². The number of halogens is 1. The van der Waals surface area contributed by atoms with E-state index in [1.54, 1.807) is 36.4 Å². The third-order valence-electron chi connectivity index (χ3n) is 3.29. The first kappa shape index (κ1) is 17.2. The summed E-state index contributed by atoms with van der Waals surface area (Å²) in [6.07, 6.45) is 1.01. The van der Waals surface area contributed by atoms with Crippen molar-refractivity contribution in [1.82, 2.24) is 5.32 Å². The molecule has 2 rings (SSSR count). The average Bonchev–Trinajstić information content (AvgIpc) is 2.47. The zero-order valence-corrected chi connectivity index (χ0v) is 13.9. The topological polar surface area (TPSA) is 69.6 Å². The molecule has 0 spiro atoms. The molecule has 0 amide bonds. The highest BCUT2D eigenvalue weighted by Gasteiger charge is 2.22. The van der Waals surface area contributed by atoms with E-state index in [2.05, 4.69) is 12.2 Å². The lowest BCUT2D eigenvalue weighted by molar-refractivity contribution is 0.387. The van der Waals surface area contributed by atoms with Crippen molar-refractivity contribution >= 4 is 24.5 Å². The van der Waals surface area contributed by atoms with Crippen LogP contribution in [0.4, 0.5) is 0 Å². The molecule has 0 aliphatic rings. The van der Waals surface area contributed by atoms with Gasteiger partial charge in [0.15, 0.2) is 0 Å². The second kappa shape index (κ2) is 7.40. The first-order chi connectivity index (χ1) is 10.4. The molecule has 0 aliphatic heterocycles. The maximum absolute atomic E-state index is 11.8. The number of benzene rings is 2. The van der Waals surface area contributed by atoms with E-state index in [0.29, 0.717) is 17.1 Å². The Morgan fingerprint density at radius 3 is 2.41 bits per heavy atom. The van der Waals surface area contributed by atoms with Crippen LogP contribution in [0.15, 0.2) is 42.5 Å². The van der Waals surface area contributed by atoms with Gasteiger partial charge < -0.3 is 15.1 Å². The van der Waals surface area contributed by atoms with Crippen molar-refractivity contribution in [3.8, 4) is 11.1 Å². The number of hydrogen-bond acceptors (Lipinski definition) is 2. The van der Waals surface area contributed by atoms with Crippen molar-refractivity contribution in [3.05, 3.63) is 53.1 Å². The molecule has 118 valence electrons. The maximum atomic E-state index is 11.8. The molecule has 0 fully saturated rings. The zero-order chi connectivity index (χ0) is 16.2. The highest BCUT2D eigenvalue weighted by Crippen LogP contribution is 2.38. The Morgan fingerprint density at radius 2 is 1.82 bits per heavy atom. The Kier molecular flexibility index (Phi) is 5.79. The van der Waals surface area contributed by atoms with Gasteiger partial charge in [-0.05, 0) is 47.9 Å². The molecular weight excluding hydrogens is 321 g/mol. The van der Waals surface area contributed by atoms with Crippen LogP contribution in [0.1, 0.15) is 18.9 Å². The van der Waals surface area contributed by atoms with Crippen molar-refractivity contribution < 1.29 is 14.4 Å². The van der Waals surface area contributed by atoms with E-state index in [9.17, 15) is 14.4 Å².